The van der Waals surface area contributed by atoms with Crippen LogP contribution >= 0.6 is 11.6 Å². The van der Waals surface area contributed by atoms with Crippen molar-refractivity contribution >= 4 is 18.7 Å². The van der Waals surface area contributed by atoms with Gasteiger partial charge in [-0.15, -0.1) is 0 Å². The number of rotatable bonds is 3. The highest BCUT2D eigenvalue weighted by Gasteiger charge is 2.10. The van der Waals surface area contributed by atoms with Crippen molar-refractivity contribution in [1.82, 2.24) is 0 Å². The van der Waals surface area contributed by atoms with E-state index in [4.69, 9.17) is 21.6 Å². The lowest BCUT2D eigenvalue weighted by Gasteiger charge is -1.96. The summed E-state index contributed by atoms with van der Waals surface area (Å²) in [5, 5.41) is 17.4. The summed E-state index contributed by atoms with van der Waals surface area (Å²) in [4.78, 5) is 0. The Labute approximate surface area is 65.3 Å². The topological polar surface area (TPSA) is 40.5 Å². The van der Waals surface area contributed by atoms with Crippen LogP contribution in [0.15, 0.2) is 35.8 Å². The molecule has 0 aliphatic heterocycles. The van der Waals surface area contributed by atoms with E-state index in [0.29, 0.717) is 0 Å². The molecule has 0 aromatic carbocycles. The summed E-state index contributed by atoms with van der Waals surface area (Å²) in [7, 11) is -1.53. The molecular formula is C6H8BClO2. The zero-order chi connectivity index (χ0) is 8.15. The molecule has 0 saturated carbocycles. The van der Waals surface area contributed by atoms with Gasteiger partial charge in [0.2, 0.25) is 0 Å². The zero-order valence-corrected chi connectivity index (χ0v) is 6.17. The van der Waals surface area contributed by atoms with Gasteiger partial charge in [-0.1, -0.05) is 30.8 Å². The van der Waals surface area contributed by atoms with Crippen LogP contribution in [-0.2, 0) is 0 Å². The van der Waals surface area contributed by atoms with Gasteiger partial charge in [0.25, 0.3) is 0 Å². The fourth-order valence-electron chi connectivity index (χ4n) is 0.420. The summed E-state index contributed by atoms with van der Waals surface area (Å²) in [5.41, 5.74) is 0.236. The summed E-state index contributed by atoms with van der Waals surface area (Å²) in [6, 6.07) is 0. The van der Waals surface area contributed by atoms with E-state index in [0.717, 1.165) is 0 Å². The van der Waals surface area contributed by atoms with Gasteiger partial charge in [-0.25, -0.2) is 0 Å². The van der Waals surface area contributed by atoms with Crippen LogP contribution < -0.4 is 0 Å². The molecule has 0 bridgehead atoms. The van der Waals surface area contributed by atoms with Crippen molar-refractivity contribution in [3.8, 4) is 0 Å². The second-order valence-electron chi connectivity index (χ2n) is 1.67. The molecule has 0 fully saturated rings. The van der Waals surface area contributed by atoms with E-state index in [-0.39, 0.29) is 10.5 Å². The first-order chi connectivity index (χ1) is 4.57. The van der Waals surface area contributed by atoms with Crippen molar-refractivity contribution in [2.75, 3.05) is 0 Å². The van der Waals surface area contributed by atoms with Crippen LogP contribution in [0.25, 0.3) is 0 Å². The third kappa shape index (κ3) is 3.51. The van der Waals surface area contributed by atoms with E-state index in [1.807, 2.05) is 0 Å². The van der Waals surface area contributed by atoms with Gasteiger partial charge < -0.3 is 10.0 Å². The molecule has 0 aliphatic carbocycles. The summed E-state index contributed by atoms with van der Waals surface area (Å²) in [6.45, 7) is 6.69. The lowest BCUT2D eigenvalue weighted by Crippen LogP contribution is -2.13. The monoisotopic (exact) mass is 158 g/mol. The number of halogens is 1. The molecule has 0 radical (unpaired) electrons. The van der Waals surface area contributed by atoms with Gasteiger partial charge in [0.15, 0.2) is 0 Å². The van der Waals surface area contributed by atoms with Gasteiger partial charge in [0.05, 0.1) is 0 Å². The Balaban J connectivity index is 4.33. The summed E-state index contributed by atoms with van der Waals surface area (Å²) < 4.78 is 0. The minimum atomic E-state index is -1.53. The van der Waals surface area contributed by atoms with Crippen LogP contribution in [0.1, 0.15) is 0 Å². The largest absolute Gasteiger partial charge is 0.488 e. The van der Waals surface area contributed by atoms with Gasteiger partial charge in [0.1, 0.15) is 0 Å². The average molecular weight is 158 g/mol. The minimum Gasteiger partial charge on any atom is -0.423 e. The number of hydrogen-bond acceptors (Lipinski definition) is 2. The maximum Gasteiger partial charge on any atom is 0.488 e. The maximum absolute atomic E-state index is 8.58. The first-order valence-corrected chi connectivity index (χ1v) is 3.00. The molecule has 0 aromatic rings. The van der Waals surface area contributed by atoms with Gasteiger partial charge in [0, 0.05) is 5.03 Å². The lowest BCUT2D eigenvalue weighted by molar-refractivity contribution is 0.420. The smallest absolute Gasteiger partial charge is 0.423 e. The molecular weight excluding hydrogens is 150 g/mol. The van der Waals surface area contributed by atoms with Crippen LogP contribution in [0.2, 0.25) is 0 Å². The van der Waals surface area contributed by atoms with Crippen molar-refractivity contribution in [2.24, 2.45) is 0 Å². The average Bonchev–Trinajstić information content (AvgIpc) is 1.81. The highest BCUT2D eigenvalue weighted by molar-refractivity contribution is 6.52. The molecule has 0 saturated heterocycles. The van der Waals surface area contributed by atoms with Crippen LogP contribution in [0, 0.1) is 0 Å². The normalized spacial score (nSPS) is 10.9. The van der Waals surface area contributed by atoms with E-state index in [1.165, 1.54) is 12.2 Å². The van der Waals surface area contributed by atoms with Crippen LogP contribution in [-0.4, -0.2) is 17.2 Å². The molecule has 0 unspecified atom stereocenters. The third-order valence-electron chi connectivity index (χ3n) is 0.857. The molecule has 0 amide bonds. The Morgan fingerprint density at radius 3 is 2.10 bits per heavy atom. The lowest BCUT2D eigenvalue weighted by atomic mass is 9.79. The summed E-state index contributed by atoms with van der Waals surface area (Å²) >= 11 is 5.35. The molecule has 0 aliphatic rings. The fourth-order valence-corrected chi connectivity index (χ4v) is 0.546. The van der Waals surface area contributed by atoms with Crippen molar-refractivity contribution in [3.63, 3.8) is 0 Å². The standard InChI is InChI=1S/C6H8BClO2/c1-3-6(7(9)10)4-5(2)8/h3-4,9-10H,1-2H2/b6-4+. The van der Waals surface area contributed by atoms with Crippen LogP contribution in [0.3, 0.4) is 0 Å². The van der Waals surface area contributed by atoms with Crippen LogP contribution in [0.4, 0.5) is 0 Å². The SMILES string of the molecule is C=C/C(=C\C(=C)Cl)B(O)O. The predicted octanol–water partition coefficient (Wildman–Crippen LogP) is 0.863. The predicted molar refractivity (Wildman–Crippen MR) is 43.5 cm³/mol. The van der Waals surface area contributed by atoms with Crippen molar-refractivity contribution < 1.29 is 10.0 Å². The molecule has 4 heteroatoms. The Morgan fingerprint density at radius 1 is 1.50 bits per heavy atom. The maximum atomic E-state index is 8.58. The van der Waals surface area contributed by atoms with Gasteiger partial charge in [-0.2, -0.15) is 0 Å². The van der Waals surface area contributed by atoms with E-state index < -0.39 is 7.12 Å². The Bertz CT molecular complexity index is 175. The minimum absolute atomic E-state index is 0.236. The van der Waals surface area contributed by atoms with Crippen molar-refractivity contribution in [3.05, 3.63) is 35.8 Å². The molecule has 0 atom stereocenters. The fraction of sp³-hybridized carbons (Fsp3) is 0. The second kappa shape index (κ2) is 4.33. The molecule has 0 rings (SSSR count). The third-order valence-corrected chi connectivity index (χ3v) is 0.966. The zero-order valence-electron chi connectivity index (χ0n) is 5.42. The molecule has 54 valence electrons. The first-order valence-electron chi connectivity index (χ1n) is 2.62. The summed E-state index contributed by atoms with van der Waals surface area (Å²) in [5.74, 6) is 0. The quantitative estimate of drug-likeness (QED) is 0.472. The molecule has 0 heterocycles. The van der Waals surface area contributed by atoms with Crippen molar-refractivity contribution in [1.29, 1.82) is 0 Å². The van der Waals surface area contributed by atoms with Crippen LogP contribution in [0.5, 0.6) is 0 Å². The van der Waals surface area contributed by atoms with Gasteiger partial charge in [-0.05, 0) is 11.5 Å². The number of allylic oxidation sites excluding steroid dienone is 4. The molecule has 10 heavy (non-hydrogen) atoms. The Morgan fingerprint density at radius 2 is 2.00 bits per heavy atom. The highest BCUT2D eigenvalue weighted by Crippen LogP contribution is 2.05. The summed E-state index contributed by atoms with van der Waals surface area (Å²) in [6.07, 6.45) is 2.64. The highest BCUT2D eigenvalue weighted by atomic mass is 35.5. The number of hydrogen-bond donors (Lipinski definition) is 2. The molecule has 2 N–H and O–H groups in total. The molecule has 2 nitrogen and oxygen atoms in total. The van der Waals surface area contributed by atoms with E-state index >= 15 is 0 Å². The first kappa shape index (κ1) is 9.49. The van der Waals surface area contributed by atoms with E-state index in [9.17, 15) is 0 Å². The molecule has 0 spiro atoms. The Hall–Kier alpha value is -0.505. The van der Waals surface area contributed by atoms with Gasteiger partial charge >= 0.3 is 7.12 Å². The van der Waals surface area contributed by atoms with Gasteiger partial charge in [-0.3, -0.25) is 0 Å². The second-order valence-corrected chi connectivity index (χ2v) is 2.15. The van der Waals surface area contributed by atoms with E-state index in [1.54, 1.807) is 0 Å². The van der Waals surface area contributed by atoms with E-state index in [2.05, 4.69) is 13.2 Å². The molecule has 0 aromatic heterocycles. The Kier molecular flexibility index (Phi) is 4.11. The van der Waals surface area contributed by atoms with Crippen molar-refractivity contribution in [2.45, 2.75) is 0 Å².